The molecule has 1 N–H and O–H groups in total. The number of anilines is 1. The van der Waals surface area contributed by atoms with E-state index in [-0.39, 0.29) is 0 Å². The van der Waals surface area contributed by atoms with Crippen molar-refractivity contribution in [3.05, 3.63) is 59.2 Å². The number of aromatic nitrogens is 1. The van der Waals surface area contributed by atoms with Crippen LogP contribution in [-0.4, -0.2) is 24.4 Å². The molecule has 5 nitrogen and oxygen atoms in total. The monoisotopic (exact) mass is 397 g/mol. The number of nitrogens with one attached hydrogen (secondary N) is 1. The summed E-state index contributed by atoms with van der Waals surface area (Å²) in [7, 11) is 0. The number of rotatable bonds is 9. The standard InChI is InChI=1S/C22H24ClN3O2/c1-3-11-27-18-7-5-16(22(14-18)28-12-4-2)15-25-26-20-9-10-24-21-13-17(23)6-8-19(20)21/h5-10,13-15H,3-4,11-12H2,1-2H3,(H,24,26). The summed E-state index contributed by atoms with van der Waals surface area (Å²) < 4.78 is 11.6. The second-order valence-corrected chi connectivity index (χ2v) is 6.72. The molecular weight excluding hydrogens is 374 g/mol. The van der Waals surface area contributed by atoms with Gasteiger partial charge in [-0.3, -0.25) is 10.4 Å². The number of hydrazone groups is 1. The highest BCUT2D eigenvalue weighted by atomic mass is 35.5. The molecule has 1 heterocycles. The molecular formula is C22H24ClN3O2. The number of halogens is 1. The predicted molar refractivity (Wildman–Crippen MR) is 116 cm³/mol. The predicted octanol–water partition coefficient (Wildman–Crippen LogP) is 5.91. The summed E-state index contributed by atoms with van der Waals surface area (Å²) in [5.41, 5.74) is 5.64. The van der Waals surface area contributed by atoms with Crippen LogP contribution in [0.3, 0.4) is 0 Å². The number of fused-ring (bicyclic) bond motifs is 1. The first-order chi connectivity index (χ1) is 13.7. The van der Waals surface area contributed by atoms with Gasteiger partial charge in [-0.15, -0.1) is 0 Å². The van der Waals surface area contributed by atoms with Crippen LogP contribution < -0.4 is 14.9 Å². The van der Waals surface area contributed by atoms with Crippen LogP contribution in [0, 0.1) is 0 Å². The Labute approximate surface area is 170 Å². The normalized spacial score (nSPS) is 11.1. The van der Waals surface area contributed by atoms with Gasteiger partial charge in [-0.2, -0.15) is 5.10 Å². The summed E-state index contributed by atoms with van der Waals surface area (Å²) in [6.07, 6.45) is 5.37. The van der Waals surface area contributed by atoms with E-state index in [1.165, 1.54) is 0 Å². The highest BCUT2D eigenvalue weighted by Crippen LogP contribution is 2.26. The van der Waals surface area contributed by atoms with Crippen LogP contribution in [0.5, 0.6) is 11.5 Å². The first-order valence-electron chi connectivity index (χ1n) is 9.44. The molecule has 0 unspecified atom stereocenters. The Morgan fingerprint density at radius 2 is 1.86 bits per heavy atom. The third kappa shape index (κ3) is 5.14. The van der Waals surface area contributed by atoms with Gasteiger partial charge in [0.2, 0.25) is 0 Å². The van der Waals surface area contributed by atoms with Crippen molar-refractivity contribution in [2.24, 2.45) is 5.10 Å². The van der Waals surface area contributed by atoms with E-state index in [0.717, 1.165) is 46.5 Å². The quantitative estimate of drug-likeness (QED) is 0.360. The van der Waals surface area contributed by atoms with Gasteiger partial charge in [-0.05, 0) is 49.2 Å². The highest BCUT2D eigenvalue weighted by molar-refractivity contribution is 6.31. The molecule has 0 saturated carbocycles. The molecule has 2 aromatic carbocycles. The lowest BCUT2D eigenvalue weighted by molar-refractivity contribution is 0.301. The van der Waals surface area contributed by atoms with Gasteiger partial charge in [0.05, 0.1) is 30.6 Å². The molecule has 0 fully saturated rings. The molecule has 0 aliphatic rings. The van der Waals surface area contributed by atoms with Gasteiger partial charge in [0.15, 0.2) is 0 Å². The fourth-order valence-electron chi connectivity index (χ4n) is 2.66. The minimum Gasteiger partial charge on any atom is -0.493 e. The summed E-state index contributed by atoms with van der Waals surface area (Å²) in [5, 5.41) is 6.00. The van der Waals surface area contributed by atoms with Gasteiger partial charge < -0.3 is 9.47 Å². The molecule has 3 aromatic rings. The van der Waals surface area contributed by atoms with Gasteiger partial charge in [-0.25, -0.2) is 0 Å². The zero-order valence-corrected chi connectivity index (χ0v) is 16.9. The average molecular weight is 398 g/mol. The second kappa shape index (κ2) is 9.95. The molecule has 0 aliphatic carbocycles. The molecule has 6 heteroatoms. The lowest BCUT2D eigenvalue weighted by Crippen LogP contribution is -2.01. The molecule has 0 bridgehead atoms. The SMILES string of the molecule is CCCOc1ccc(C=NNc2ccnc3cc(Cl)ccc23)c(OCCC)c1. The molecule has 1 aromatic heterocycles. The first kappa shape index (κ1) is 20.0. The topological polar surface area (TPSA) is 55.7 Å². The van der Waals surface area contributed by atoms with E-state index in [9.17, 15) is 0 Å². The maximum Gasteiger partial charge on any atom is 0.131 e. The Kier molecular flexibility index (Phi) is 7.09. The van der Waals surface area contributed by atoms with Gasteiger partial charge in [-0.1, -0.05) is 25.4 Å². The van der Waals surface area contributed by atoms with E-state index < -0.39 is 0 Å². The second-order valence-electron chi connectivity index (χ2n) is 6.29. The number of benzene rings is 2. The van der Waals surface area contributed by atoms with Crippen molar-refractivity contribution >= 4 is 34.4 Å². The molecule has 0 saturated heterocycles. The zero-order chi connectivity index (χ0) is 19.8. The number of ether oxygens (including phenoxy) is 2. The van der Waals surface area contributed by atoms with Crippen molar-refractivity contribution in [3.8, 4) is 11.5 Å². The maximum atomic E-state index is 6.04. The van der Waals surface area contributed by atoms with Crippen LogP contribution in [0.2, 0.25) is 5.02 Å². The van der Waals surface area contributed by atoms with Crippen molar-refractivity contribution < 1.29 is 9.47 Å². The number of nitrogens with zero attached hydrogens (tertiary/aromatic N) is 2. The van der Waals surface area contributed by atoms with Crippen LogP contribution in [0.1, 0.15) is 32.3 Å². The van der Waals surface area contributed by atoms with Crippen LogP contribution in [0.25, 0.3) is 10.9 Å². The van der Waals surface area contributed by atoms with Crippen LogP contribution in [-0.2, 0) is 0 Å². The smallest absolute Gasteiger partial charge is 0.131 e. The Morgan fingerprint density at radius 1 is 1.04 bits per heavy atom. The number of hydrogen-bond donors (Lipinski definition) is 1. The van der Waals surface area contributed by atoms with E-state index >= 15 is 0 Å². The number of hydrogen-bond acceptors (Lipinski definition) is 5. The molecule has 0 radical (unpaired) electrons. The minimum atomic E-state index is 0.640. The van der Waals surface area contributed by atoms with Gasteiger partial charge in [0, 0.05) is 28.2 Å². The Balaban J connectivity index is 1.79. The highest BCUT2D eigenvalue weighted by Gasteiger charge is 2.06. The molecule has 146 valence electrons. The van der Waals surface area contributed by atoms with E-state index in [0.29, 0.717) is 18.2 Å². The Hall–Kier alpha value is -2.79. The van der Waals surface area contributed by atoms with Gasteiger partial charge in [0.1, 0.15) is 11.5 Å². The third-order valence-electron chi connectivity index (χ3n) is 4.01. The van der Waals surface area contributed by atoms with Gasteiger partial charge in [0.25, 0.3) is 0 Å². The molecule has 0 atom stereocenters. The summed E-state index contributed by atoms with van der Waals surface area (Å²) in [5.74, 6) is 1.56. The van der Waals surface area contributed by atoms with Crippen molar-refractivity contribution in [1.29, 1.82) is 0 Å². The largest absolute Gasteiger partial charge is 0.493 e. The van der Waals surface area contributed by atoms with Crippen molar-refractivity contribution in [3.63, 3.8) is 0 Å². The molecule has 0 aliphatic heterocycles. The molecule has 3 rings (SSSR count). The maximum absolute atomic E-state index is 6.04. The van der Waals surface area contributed by atoms with Crippen molar-refractivity contribution in [2.75, 3.05) is 18.6 Å². The average Bonchev–Trinajstić information content (AvgIpc) is 2.71. The minimum absolute atomic E-state index is 0.640. The van der Waals surface area contributed by atoms with Crippen molar-refractivity contribution in [1.82, 2.24) is 4.98 Å². The van der Waals surface area contributed by atoms with Crippen LogP contribution in [0.15, 0.2) is 53.8 Å². The first-order valence-corrected chi connectivity index (χ1v) is 9.82. The van der Waals surface area contributed by atoms with Crippen LogP contribution >= 0.6 is 11.6 Å². The fraction of sp³-hybridized carbons (Fsp3) is 0.273. The number of pyridine rings is 1. The summed E-state index contributed by atoms with van der Waals surface area (Å²) >= 11 is 6.04. The van der Waals surface area contributed by atoms with Crippen molar-refractivity contribution in [2.45, 2.75) is 26.7 Å². The zero-order valence-electron chi connectivity index (χ0n) is 16.1. The Morgan fingerprint density at radius 3 is 2.68 bits per heavy atom. The summed E-state index contributed by atoms with van der Waals surface area (Å²) in [4.78, 5) is 4.34. The van der Waals surface area contributed by atoms with E-state index in [1.54, 1.807) is 12.4 Å². The van der Waals surface area contributed by atoms with Gasteiger partial charge >= 0.3 is 0 Å². The third-order valence-corrected chi connectivity index (χ3v) is 4.25. The van der Waals surface area contributed by atoms with E-state index in [4.69, 9.17) is 21.1 Å². The summed E-state index contributed by atoms with van der Waals surface area (Å²) in [6, 6.07) is 13.3. The molecule has 28 heavy (non-hydrogen) atoms. The molecule has 0 amide bonds. The van der Waals surface area contributed by atoms with E-state index in [2.05, 4.69) is 29.4 Å². The van der Waals surface area contributed by atoms with Crippen LogP contribution in [0.4, 0.5) is 5.69 Å². The molecule has 0 spiro atoms. The lowest BCUT2D eigenvalue weighted by Gasteiger charge is -2.11. The van der Waals surface area contributed by atoms with E-state index in [1.807, 2.05) is 42.5 Å². The Bertz CT molecular complexity index is 960. The summed E-state index contributed by atoms with van der Waals surface area (Å²) in [6.45, 7) is 5.48. The lowest BCUT2D eigenvalue weighted by atomic mass is 10.2. The fourth-order valence-corrected chi connectivity index (χ4v) is 2.82.